The Bertz CT molecular complexity index is 359. The normalized spacial score (nSPS) is 12.8. The standard InChI is InChI=1S/C8H13N3O2/c1-3-4(2)5-6(12)10-8(9)11-7(5)13/h4H,3H2,1-2H3,(H4,9,10,11,12,13)/t4-/m0/s1. The van der Waals surface area contributed by atoms with Gasteiger partial charge in [-0.25, -0.2) is 0 Å². The summed E-state index contributed by atoms with van der Waals surface area (Å²) in [5.74, 6) is -0.345. The predicted molar refractivity (Wildman–Crippen MR) is 49.6 cm³/mol. The van der Waals surface area contributed by atoms with Crippen molar-refractivity contribution in [2.75, 3.05) is 5.73 Å². The Morgan fingerprint density at radius 3 is 2.77 bits per heavy atom. The molecule has 1 rings (SSSR count). The fourth-order valence-electron chi connectivity index (χ4n) is 1.14. The van der Waals surface area contributed by atoms with Crippen molar-refractivity contribution in [1.82, 2.24) is 9.97 Å². The first-order valence-electron chi connectivity index (χ1n) is 4.15. The van der Waals surface area contributed by atoms with E-state index >= 15 is 0 Å². The monoisotopic (exact) mass is 183 g/mol. The largest absolute Gasteiger partial charge is 0.493 e. The van der Waals surface area contributed by atoms with Gasteiger partial charge in [0.1, 0.15) is 0 Å². The van der Waals surface area contributed by atoms with Gasteiger partial charge in [0.2, 0.25) is 11.8 Å². The van der Waals surface area contributed by atoms with Gasteiger partial charge in [-0.3, -0.25) is 9.78 Å². The van der Waals surface area contributed by atoms with Gasteiger partial charge >= 0.3 is 0 Å². The first-order valence-corrected chi connectivity index (χ1v) is 4.15. The van der Waals surface area contributed by atoms with Gasteiger partial charge in [-0.15, -0.1) is 0 Å². The molecule has 0 saturated heterocycles. The molecule has 4 N–H and O–H groups in total. The highest BCUT2D eigenvalue weighted by Crippen LogP contribution is 2.21. The second-order valence-electron chi connectivity index (χ2n) is 3.00. The average molecular weight is 183 g/mol. The van der Waals surface area contributed by atoms with Gasteiger partial charge in [0.25, 0.3) is 5.56 Å². The Kier molecular flexibility index (Phi) is 2.55. The fraction of sp³-hybridized carbons (Fsp3) is 0.500. The van der Waals surface area contributed by atoms with Crippen LogP contribution in [0.4, 0.5) is 5.95 Å². The minimum Gasteiger partial charge on any atom is -0.493 e. The first kappa shape index (κ1) is 9.57. The lowest BCUT2D eigenvalue weighted by molar-refractivity contribution is 0.437. The van der Waals surface area contributed by atoms with Crippen molar-refractivity contribution < 1.29 is 5.11 Å². The second-order valence-corrected chi connectivity index (χ2v) is 3.00. The molecule has 0 saturated carbocycles. The molecule has 1 aromatic heterocycles. The van der Waals surface area contributed by atoms with Crippen molar-refractivity contribution in [3.8, 4) is 5.88 Å². The number of nitrogens with one attached hydrogen (secondary N) is 1. The summed E-state index contributed by atoms with van der Waals surface area (Å²) in [6.45, 7) is 3.78. The molecule has 0 fully saturated rings. The van der Waals surface area contributed by atoms with E-state index in [4.69, 9.17) is 5.73 Å². The summed E-state index contributed by atoms with van der Waals surface area (Å²) in [5.41, 5.74) is 5.18. The van der Waals surface area contributed by atoms with Crippen LogP contribution in [0.1, 0.15) is 31.7 Å². The van der Waals surface area contributed by atoms with Crippen LogP contribution in [0.25, 0.3) is 0 Å². The molecule has 0 aliphatic carbocycles. The smallest absolute Gasteiger partial charge is 0.259 e. The number of aromatic hydroxyl groups is 1. The zero-order valence-corrected chi connectivity index (χ0v) is 7.66. The highest BCUT2D eigenvalue weighted by Gasteiger charge is 2.14. The average Bonchev–Trinajstić information content (AvgIpc) is 2.02. The fourth-order valence-corrected chi connectivity index (χ4v) is 1.14. The van der Waals surface area contributed by atoms with E-state index in [1.54, 1.807) is 0 Å². The van der Waals surface area contributed by atoms with E-state index in [-0.39, 0.29) is 23.3 Å². The molecule has 0 bridgehead atoms. The highest BCUT2D eigenvalue weighted by atomic mass is 16.3. The van der Waals surface area contributed by atoms with Crippen LogP contribution in [0.2, 0.25) is 0 Å². The molecule has 0 spiro atoms. The molecule has 0 radical (unpaired) electrons. The summed E-state index contributed by atoms with van der Waals surface area (Å²) in [5, 5.41) is 9.36. The molecular weight excluding hydrogens is 170 g/mol. The van der Waals surface area contributed by atoms with Gasteiger partial charge in [-0.05, 0) is 12.3 Å². The lowest BCUT2D eigenvalue weighted by atomic mass is 10.0. The zero-order valence-electron chi connectivity index (χ0n) is 7.66. The van der Waals surface area contributed by atoms with Crippen LogP contribution < -0.4 is 11.3 Å². The van der Waals surface area contributed by atoms with Gasteiger partial charge in [0.15, 0.2) is 0 Å². The molecule has 1 heterocycles. The van der Waals surface area contributed by atoms with Crippen LogP contribution in [0.3, 0.4) is 0 Å². The number of hydrogen-bond acceptors (Lipinski definition) is 4. The Morgan fingerprint density at radius 2 is 2.31 bits per heavy atom. The number of aromatic nitrogens is 2. The van der Waals surface area contributed by atoms with Crippen molar-refractivity contribution in [2.24, 2.45) is 0 Å². The Morgan fingerprint density at radius 1 is 1.69 bits per heavy atom. The second kappa shape index (κ2) is 3.47. The number of rotatable bonds is 2. The van der Waals surface area contributed by atoms with E-state index in [0.29, 0.717) is 5.56 Å². The van der Waals surface area contributed by atoms with Crippen molar-refractivity contribution >= 4 is 5.95 Å². The number of aromatic amines is 1. The third-order valence-electron chi connectivity index (χ3n) is 2.06. The molecule has 0 amide bonds. The minimum absolute atomic E-state index is 0.0168. The van der Waals surface area contributed by atoms with Crippen molar-refractivity contribution in [1.29, 1.82) is 0 Å². The summed E-state index contributed by atoms with van der Waals surface area (Å²) in [4.78, 5) is 17.3. The van der Waals surface area contributed by atoms with Gasteiger partial charge in [-0.2, -0.15) is 4.98 Å². The number of nitrogen functional groups attached to an aromatic ring is 1. The maximum Gasteiger partial charge on any atom is 0.259 e. The van der Waals surface area contributed by atoms with Crippen molar-refractivity contribution in [2.45, 2.75) is 26.2 Å². The van der Waals surface area contributed by atoms with Gasteiger partial charge in [-0.1, -0.05) is 13.8 Å². The van der Waals surface area contributed by atoms with Crippen LogP contribution in [0.5, 0.6) is 5.88 Å². The maximum atomic E-state index is 11.3. The summed E-state index contributed by atoms with van der Waals surface area (Å²) in [6, 6.07) is 0. The van der Waals surface area contributed by atoms with Crippen LogP contribution in [0.15, 0.2) is 4.79 Å². The predicted octanol–water partition coefficient (Wildman–Crippen LogP) is 0.571. The molecule has 0 aliphatic rings. The number of nitrogens with two attached hydrogens (primary N) is 1. The number of nitrogens with zero attached hydrogens (tertiary/aromatic N) is 1. The molecule has 13 heavy (non-hydrogen) atoms. The van der Waals surface area contributed by atoms with Crippen molar-refractivity contribution in [3.05, 3.63) is 15.9 Å². The molecule has 1 aromatic rings. The lowest BCUT2D eigenvalue weighted by Crippen LogP contribution is -2.18. The van der Waals surface area contributed by atoms with E-state index in [1.165, 1.54) is 0 Å². The number of anilines is 1. The summed E-state index contributed by atoms with van der Waals surface area (Å²) >= 11 is 0. The SMILES string of the molecule is CC[C@H](C)c1c(O)nc(N)[nH]c1=O. The summed E-state index contributed by atoms with van der Waals surface area (Å²) < 4.78 is 0. The van der Waals surface area contributed by atoms with Gasteiger partial charge in [0.05, 0.1) is 5.56 Å². The molecule has 72 valence electrons. The van der Waals surface area contributed by atoms with Gasteiger partial charge in [0, 0.05) is 0 Å². The van der Waals surface area contributed by atoms with E-state index in [0.717, 1.165) is 6.42 Å². The first-order chi connectivity index (χ1) is 6.06. The van der Waals surface area contributed by atoms with Crippen LogP contribution in [0, 0.1) is 0 Å². The van der Waals surface area contributed by atoms with Gasteiger partial charge < -0.3 is 10.8 Å². The summed E-state index contributed by atoms with van der Waals surface area (Å²) in [6.07, 6.45) is 0.766. The zero-order chi connectivity index (χ0) is 10.0. The van der Waals surface area contributed by atoms with E-state index < -0.39 is 0 Å². The molecule has 0 aliphatic heterocycles. The van der Waals surface area contributed by atoms with Crippen LogP contribution >= 0.6 is 0 Å². The molecule has 5 nitrogen and oxygen atoms in total. The summed E-state index contributed by atoms with van der Waals surface area (Å²) in [7, 11) is 0. The molecule has 1 atom stereocenters. The maximum absolute atomic E-state index is 11.3. The van der Waals surface area contributed by atoms with E-state index in [1.807, 2.05) is 13.8 Å². The number of hydrogen-bond donors (Lipinski definition) is 3. The Labute approximate surface area is 75.6 Å². The van der Waals surface area contributed by atoms with E-state index in [2.05, 4.69) is 9.97 Å². The van der Waals surface area contributed by atoms with Crippen LogP contribution in [-0.2, 0) is 0 Å². The Balaban J connectivity index is 3.29. The lowest BCUT2D eigenvalue weighted by Gasteiger charge is -2.08. The quantitative estimate of drug-likeness (QED) is 0.625. The van der Waals surface area contributed by atoms with Crippen LogP contribution in [-0.4, -0.2) is 15.1 Å². The topological polar surface area (TPSA) is 92.0 Å². The minimum atomic E-state index is -0.362. The highest BCUT2D eigenvalue weighted by molar-refractivity contribution is 5.31. The molecule has 0 unspecified atom stereocenters. The number of H-pyrrole nitrogens is 1. The Hall–Kier alpha value is -1.52. The molecule has 5 heteroatoms. The third kappa shape index (κ3) is 1.80. The molecule has 0 aromatic carbocycles. The molecular formula is C8H13N3O2. The van der Waals surface area contributed by atoms with E-state index in [9.17, 15) is 9.90 Å². The third-order valence-corrected chi connectivity index (χ3v) is 2.06. The van der Waals surface area contributed by atoms with Crippen molar-refractivity contribution in [3.63, 3.8) is 0 Å².